The molecule has 0 amide bonds. The summed E-state index contributed by atoms with van der Waals surface area (Å²) >= 11 is 6.13. The van der Waals surface area contributed by atoms with Crippen molar-refractivity contribution in [1.29, 1.82) is 0 Å². The minimum absolute atomic E-state index is 0.344. The predicted octanol–water partition coefficient (Wildman–Crippen LogP) is 5.32. The zero-order valence-corrected chi connectivity index (χ0v) is 17.6. The number of halogens is 1. The molecule has 0 bridgehead atoms. The van der Waals surface area contributed by atoms with Gasteiger partial charge >= 0.3 is 0 Å². The normalized spacial score (nSPS) is 16.7. The van der Waals surface area contributed by atoms with Crippen molar-refractivity contribution in [3.63, 3.8) is 0 Å². The Kier molecular flexibility index (Phi) is 6.96. The second-order valence-corrected chi connectivity index (χ2v) is 8.43. The van der Waals surface area contributed by atoms with E-state index in [2.05, 4.69) is 39.1 Å². The van der Waals surface area contributed by atoms with Crippen LogP contribution < -0.4 is 0 Å². The Morgan fingerprint density at radius 1 is 1.07 bits per heavy atom. The Bertz CT molecular complexity index is 840. The van der Waals surface area contributed by atoms with E-state index in [9.17, 15) is 0 Å². The first-order valence-corrected chi connectivity index (χ1v) is 11.0. The fourth-order valence-electron chi connectivity index (χ4n) is 4.50. The summed E-state index contributed by atoms with van der Waals surface area (Å²) in [5, 5.41) is 0.790. The SMILES string of the molecule is Clc1ccc(C(c2ccccn2)C2CCN(CCCCc3cnc[nH]3)CC2)cc1. The number of imidazole rings is 1. The van der Waals surface area contributed by atoms with Crippen molar-refractivity contribution in [2.45, 2.75) is 38.0 Å². The Morgan fingerprint density at radius 3 is 2.59 bits per heavy atom. The van der Waals surface area contributed by atoms with E-state index in [0.29, 0.717) is 11.8 Å². The number of hydrogen-bond donors (Lipinski definition) is 1. The molecule has 1 aliphatic rings. The number of H-pyrrole nitrogens is 1. The van der Waals surface area contributed by atoms with E-state index in [1.807, 2.05) is 30.6 Å². The van der Waals surface area contributed by atoms with Crippen molar-refractivity contribution < 1.29 is 0 Å². The zero-order chi connectivity index (χ0) is 19.9. The minimum atomic E-state index is 0.344. The van der Waals surface area contributed by atoms with Crippen LogP contribution in [0.5, 0.6) is 0 Å². The number of nitrogens with zero attached hydrogens (tertiary/aromatic N) is 3. The van der Waals surface area contributed by atoms with Crippen LogP contribution in [0, 0.1) is 5.92 Å². The van der Waals surface area contributed by atoms with Gasteiger partial charge in [0.05, 0.1) is 6.33 Å². The first-order valence-electron chi connectivity index (χ1n) is 10.7. The minimum Gasteiger partial charge on any atom is -0.348 e. The van der Waals surface area contributed by atoms with Crippen LogP contribution in [-0.2, 0) is 6.42 Å². The van der Waals surface area contributed by atoms with Gasteiger partial charge in [0.1, 0.15) is 0 Å². The molecule has 3 heterocycles. The number of aryl methyl sites for hydroxylation is 1. The lowest BCUT2D eigenvalue weighted by Crippen LogP contribution is -2.36. The van der Waals surface area contributed by atoms with Crippen molar-refractivity contribution in [2.24, 2.45) is 5.92 Å². The quantitative estimate of drug-likeness (QED) is 0.512. The third-order valence-electron chi connectivity index (χ3n) is 6.06. The summed E-state index contributed by atoms with van der Waals surface area (Å²) < 4.78 is 0. The third-order valence-corrected chi connectivity index (χ3v) is 6.32. The molecule has 152 valence electrons. The van der Waals surface area contributed by atoms with Crippen LogP contribution in [0.4, 0.5) is 0 Å². The van der Waals surface area contributed by atoms with Gasteiger partial charge < -0.3 is 9.88 Å². The lowest BCUT2D eigenvalue weighted by Gasteiger charge is -2.36. The monoisotopic (exact) mass is 408 g/mol. The third kappa shape index (κ3) is 5.46. The first-order chi connectivity index (χ1) is 14.3. The maximum Gasteiger partial charge on any atom is 0.0921 e. The molecule has 1 N–H and O–H groups in total. The van der Waals surface area contributed by atoms with Crippen LogP contribution in [0.2, 0.25) is 5.02 Å². The summed E-state index contributed by atoms with van der Waals surface area (Å²) in [5.74, 6) is 0.961. The number of hydrogen-bond acceptors (Lipinski definition) is 3. The standard InChI is InChI=1S/C24H29ClN4/c25-21-9-7-19(8-10-21)24(23-6-1-3-13-27-23)20-11-15-29(16-12-20)14-4-2-5-22-17-26-18-28-22/h1,3,6-10,13,17-18,20,24H,2,4-5,11-12,14-16H2,(H,26,28). The van der Waals surface area contributed by atoms with E-state index in [1.165, 1.54) is 62.3 Å². The molecule has 29 heavy (non-hydrogen) atoms. The molecule has 1 aliphatic heterocycles. The average Bonchev–Trinajstić information content (AvgIpc) is 3.28. The summed E-state index contributed by atoms with van der Waals surface area (Å²) in [7, 11) is 0. The second-order valence-electron chi connectivity index (χ2n) is 8.00. The van der Waals surface area contributed by atoms with Crippen molar-refractivity contribution in [3.05, 3.63) is 83.2 Å². The van der Waals surface area contributed by atoms with Crippen LogP contribution in [0.15, 0.2) is 61.2 Å². The smallest absolute Gasteiger partial charge is 0.0921 e. The number of aromatic amines is 1. The molecule has 1 atom stereocenters. The largest absolute Gasteiger partial charge is 0.348 e. The highest BCUT2D eigenvalue weighted by atomic mass is 35.5. The summed E-state index contributed by atoms with van der Waals surface area (Å²) in [4.78, 5) is 14.6. The first kappa shape index (κ1) is 20.1. The van der Waals surface area contributed by atoms with Crippen molar-refractivity contribution in [3.8, 4) is 0 Å². The fraction of sp³-hybridized carbons (Fsp3) is 0.417. The van der Waals surface area contributed by atoms with Crippen LogP contribution in [-0.4, -0.2) is 39.5 Å². The van der Waals surface area contributed by atoms with Crippen LogP contribution in [0.3, 0.4) is 0 Å². The molecule has 0 aliphatic carbocycles. The molecular formula is C24H29ClN4. The van der Waals surface area contributed by atoms with Gasteiger partial charge in [0.25, 0.3) is 0 Å². The molecule has 0 spiro atoms. The molecular weight excluding hydrogens is 380 g/mol. The highest BCUT2D eigenvalue weighted by molar-refractivity contribution is 6.30. The van der Waals surface area contributed by atoms with Gasteiger partial charge in [0, 0.05) is 34.7 Å². The maximum absolute atomic E-state index is 6.13. The van der Waals surface area contributed by atoms with Crippen LogP contribution in [0.1, 0.15) is 48.6 Å². The van der Waals surface area contributed by atoms with E-state index in [1.54, 1.807) is 6.33 Å². The van der Waals surface area contributed by atoms with Crippen molar-refractivity contribution >= 4 is 11.6 Å². The number of piperidine rings is 1. The summed E-state index contributed by atoms with van der Waals surface area (Å²) in [6, 6.07) is 14.6. The Labute approximate surface area is 178 Å². The maximum atomic E-state index is 6.13. The van der Waals surface area contributed by atoms with Gasteiger partial charge in [-0.25, -0.2) is 4.98 Å². The van der Waals surface area contributed by atoms with Crippen molar-refractivity contribution in [1.82, 2.24) is 19.9 Å². The summed E-state index contributed by atoms with van der Waals surface area (Å²) in [5.41, 5.74) is 3.74. The van der Waals surface area contributed by atoms with Gasteiger partial charge in [0.2, 0.25) is 0 Å². The zero-order valence-electron chi connectivity index (χ0n) is 16.8. The van der Waals surface area contributed by atoms with E-state index in [4.69, 9.17) is 16.6 Å². The van der Waals surface area contributed by atoms with Gasteiger partial charge in [-0.3, -0.25) is 4.98 Å². The Hall–Kier alpha value is -2.17. The van der Waals surface area contributed by atoms with Gasteiger partial charge in [-0.15, -0.1) is 0 Å². The van der Waals surface area contributed by atoms with E-state index < -0.39 is 0 Å². The lowest BCUT2D eigenvalue weighted by atomic mass is 9.78. The molecule has 1 saturated heterocycles. The topological polar surface area (TPSA) is 44.8 Å². The highest BCUT2D eigenvalue weighted by Crippen LogP contribution is 2.37. The molecule has 4 rings (SSSR count). The molecule has 1 aromatic carbocycles. The summed E-state index contributed by atoms with van der Waals surface area (Å²) in [6.45, 7) is 3.54. The molecule has 4 nitrogen and oxygen atoms in total. The van der Waals surface area contributed by atoms with Crippen LogP contribution in [0.25, 0.3) is 0 Å². The second kappa shape index (κ2) is 10.0. The fourth-order valence-corrected chi connectivity index (χ4v) is 4.62. The molecule has 1 fully saturated rings. The van der Waals surface area contributed by atoms with Gasteiger partial charge in [0.15, 0.2) is 0 Å². The molecule has 1 unspecified atom stereocenters. The summed E-state index contributed by atoms with van der Waals surface area (Å²) in [6.07, 6.45) is 11.6. The average molecular weight is 409 g/mol. The molecule has 5 heteroatoms. The van der Waals surface area contributed by atoms with E-state index in [-0.39, 0.29) is 0 Å². The number of aromatic nitrogens is 3. The number of likely N-dealkylation sites (tertiary alicyclic amines) is 1. The number of benzene rings is 1. The highest BCUT2D eigenvalue weighted by Gasteiger charge is 2.29. The Balaban J connectivity index is 1.33. The van der Waals surface area contributed by atoms with E-state index >= 15 is 0 Å². The number of unbranched alkanes of at least 4 members (excludes halogenated alkanes) is 1. The molecule has 0 radical (unpaired) electrons. The van der Waals surface area contributed by atoms with Gasteiger partial charge in [-0.05, 0) is 87.5 Å². The molecule has 3 aromatic rings. The number of rotatable bonds is 8. The van der Waals surface area contributed by atoms with Gasteiger partial charge in [-0.2, -0.15) is 0 Å². The number of pyridine rings is 1. The molecule has 2 aromatic heterocycles. The molecule has 0 saturated carbocycles. The van der Waals surface area contributed by atoms with Crippen molar-refractivity contribution in [2.75, 3.05) is 19.6 Å². The lowest BCUT2D eigenvalue weighted by molar-refractivity contribution is 0.172. The number of nitrogens with one attached hydrogen (secondary N) is 1. The predicted molar refractivity (Wildman–Crippen MR) is 118 cm³/mol. The van der Waals surface area contributed by atoms with Gasteiger partial charge in [-0.1, -0.05) is 29.8 Å². The van der Waals surface area contributed by atoms with Crippen LogP contribution >= 0.6 is 11.6 Å². The Morgan fingerprint density at radius 2 is 1.90 bits per heavy atom. The van der Waals surface area contributed by atoms with E-state index in [0.717, 1.165) is 11.4 Å².